The van der Waals surface area contributed by atoms with Crippen molar-refractivity contribution >= 4 is 17.2 Å². The van der Waals surface area contributed by atoms with E-state index in [9.17, 15) is 10.1 Å². The highest BCUT2D eigenvalue weighted by molar-refractivity contribution is 7.13. The third-order valence-electron chi connectivity index (χ3n) is 4.37. The molecule has 1 aliphatic carbocycles. The molecule has 1 amide bonds. The Morgan fingerprint density at radius 1 is 1.35 bits per heavy atom. The third-order valence-corrected chi connectivity index (χ3v) is 5.25. The van der Waals surface area contributed by atoms with Gasteiger partial charge in [-0.15, -0.1) is 11.3 Å². The third kappa shape index (κ3) is 3.13. The van der Waals surface area contributed by atoms with E-state index in [1.807, 2.05) is 19.1 Å². The molecule has 0 atom stereocenters. The predicted octanol–water partition coefficient (Wildman–Crippen LogP) is 3.99. The smallest absolute Gasteiger partial charge is 0.272 e. The van der Waals surface area contributed by atoms with Gasteiger partial charge in [-0.25, -0.2) is 4.98 Å². The molecule has 1 saturated carbocycles. The second kappa shape index (κ2) is 6.13. The summed E-state index contributed by atoms with van der Waals surface area (Å²) in [5.41, 5.74) is 3.09. The van der Waals surface area contributed by atoms with E-state index >= 15 is 0 Å². The first kappa shape index (κ1) is 15.7. The van der Waals surface area contributed by atoms with Gasteiger partial charge in [-0.2, -0.15) is 5.26 Å². The average molecular weight is 325 g/mol. The van der Waals surface area contributed by atoms with E-state index in [0.717, 1.165) is 41.8 Å². The van der Waals surface area contributed by atoms with Crippen molar-refractivity contribution in [2.24, 2.45) is 0 Å². The van der Waals surface area contributed by atoms with Crippen molar-refractivity contribution in [2.75, 3.05) is 0 Å². The summed E-state index contributed by atoms with van der Waals surface area (Å²) in [4.78, 5) is 16.9. The molecule has 1 heterocycles. The minimum Gasteiger partial charge on any atom is -0.332 e. The fraction of sp³-hybridized carbons (Fsp3) is 0.389. The van der Waals surface area contributed by atoms with E-state index in [4.69, 9.17) is 0 Å². The molecular formula is C18H19N3OS. The number of aromatic nitrogens is 1. The van der Waals surface area contributed by atoms with Crippen LogP contribution < -0.4 is 5.32 Å². The molecule has 1 aromatic heterocycles. The summed E-state index contributed by atoms with van der Waals surface area (Å²) in [5.74, 6) is -0.249. The second-order valence-corrected chi connectivity index (χ2v) is 7.07. The van der Waals surface area contributed by atoms with Crippen LogP contribution in [0.4, 0.5) is 0 Å². The minimum atomic E-state index is -0.708. The van der Waals surface area contributed by atoms with Crippen molar-refractivity contribution in [3.8, 4) is 16.6 Å². The molecule has 1 aliphatic rings. The summed E-state index contributed by atoms with van der Waals surface area (Å²) in [6.07, 6.45) is 3.42. The van der Waals surface area contributed by atoms with Crippen molar-refractivity contribution in [3.63, 3.8) is 0 Å². The van der Waals surface area contributed by atoms with E-state index in [2.05, 4.69) is 29.4 Å². The lowest BCUT2D eigenvalue weighted by Gasteiger charge is -2.21. The number of nitrogens with one attached hydrogen (secondary N) is 1. The summed E-state index contributed by atoms with van der Waals surface area (Å²) in [6.45, 7) is 4.10. The van der Waals surface area contributed by atoms with Crippen molar-refractivity contribution in [3.05, 3.63) is 40.4 Å². The zero-order valence-electron chi connectivity index (χ0n) is 13.3. The number of rotatable bonds is 3. The molecule has 0 unspecified atom stereocenters. The number of carbonyl (C=O) groups excluding carboxylic acids is 1. The summed E-state index contributed by atoms with van der Waals surface area (Å²) in [7, 11) is 0. The first-order chi connectivity index (χ1) is 11.0. The molecule has 23 heavy (non-hydrogen) atoms. The molecule has 1 fully saturated rings. The highest BCUT2D eigenvalue weighted by Crippen LogP contribution is 2.30. The summed E-state index contributed by atoms with van der Waals surface area (Å²) in [5, 5.41) is 14.9. The Morgan fingerprint density at radius 2 is 2.09 bits per heavy atom. The van der Waals surface area contributed by atoms with Crippen LogP contribution in [0.25, 0.3) is 10.6 Å². The number of aryl methyl sites for hydroxylation is 2. The van der Waals surface area contributed by atoms with Gasteiger partial charge in [0.05, 0.1) is 6.07 Å². The van der Waals surface area contributed by atoms with Gasteiger partial charge in [0.2, 0.25) is 0 Å². The Bertz CT molecular complexity index is 782. The monoisotopic (exact) mass is 325 g/mol. The minimum absolute atomic E-state index is 0.249. The van der Waals surface area contributed by atoms with Crippen LogP contribution in [0, 0.1) is 25.2 Å². The van der Waals surface area contributed by atoms with Crippen LogP contribution >= 0.6 is 11.3 Å². The highest BCUT2D eigenvalue weighted by Gasteiger charge is 2.36. The number of hydrogen-bond donors (Lipinski definition) is 1. The first-order valence-corrected chi connectivity index (χ1v) is 8.68. The number of thiazole rings is 1. The Hall–Kier alpha value is -2.19. The van der Waals surface area contributed by atoms with Gasteiger partial charge < -0.3 is 5.32 Å². The molecule has 1 N–H and O–H groups in total. The predicted molar refractivity (Wildman–Crippen MR) is 91.3 cm³/mol. The number of hydrogen-bond acceptors (Lipinski definition) is 4. The molecule has 3 rings (SSSR count). The quantitative estimate of drug-likeness (QED) is 0.928. The van der Waals surface area contributed by atoms with Crippen LogP contribution in [0.3, 0.4) is 0 Å². The van der Waals surface area contributed by atoms with Gasteiger partial charge in [0.25, 0.3) is 5.91 Å². The summed E-state index contributed by atoms with van der Waals surface area (Å²) < 4.78 is 0. The summed E-state index contributed by atoms with van der Waals surface area (Å²) in [6, 6.07) is 8.48. The van der Waals surface area contributed by atoms with Gasteiger partial charge in [0, 0.05) is 10.9 Å². The van der Waals surface area contributed by atoms with Crippen molar-refractivity contribution in [1.29, 1.82) is 5.26 Å². The number of nitriles is 1. The van der Waals surface area contributed by atoms with Crippen molar-refractivity contribution in [1.82, 2.24) is 10.3 Å². The van der Waals surface area contributed by atoms with E-state index in [0.29, 0.717) is 5.69 Å². The van der Waals surface area contributed by atoms with E-state index in [1.165, 1.54) is 16.9 Å². The van der Waals surface area contributed by atoms with Crippen molar-refractivity contribution in [2.45, 2.75) is 45.1 Å². The molecule has 0 bridgehead atoms. The summed E-state index contributed by atoms with van der Waals surface area (Å²) >= 11 is 1.46. The van der Waals surface area contributed by atoms with Crippen LogP contribution in [0.2, 0.25) is 0 Å². The number of benzene rings is 1. The fourth-order valence-electron chi connectivity index (χ4n) is 3.08. The Kier molecular flexibility index (Phi) is 4.18. The van der Waals surface area contributed by atoms with Gasteiger partial charge in [0.15, 0.2) is 0 Å². The maximum atomic E-state index is 12.4. The number of carbonyl (C=O) groups is 1. The lowest BCUT2D eigenvalue weighted by atomic mass is 10.00. The van der Waals surface area contributed by atoms with Crippen LogP contribution in [0.15, 0.2) is 23.6 Å². The Morgan fingerprint density at radius 3 is 2.74 bits per heavy atom. The Balaban J connectivity index is 1.81. The zero-order valence-corrected chi connectivity index (χ0v) is 14.2. The molecule has 0 saturated heterocycles. The fourth-order valence-corrected chi connectivity index (χ4v) is 3.97. The van der Waals surface area contributed by atoms with Crippen molar-refractivity contribution < 1.29 is 4.79 Å². The average Bonchev–Trinajstić information content (AvgIpc) is 3.17. The van der Waals surface area contributed by atoms with Gasteiger partial charge >= 0.3 is 0 Å². The maximum absolute atomic E-state index is 12.4. The lowest BCUT2D eigenvalue weighted by molar-refractivity contribution is 0.0916. The van der Waals surface area contributed by atoms with Gasteiger partial charge in [-0.05, 0) is 45.1 Å². The van der Waals surface area contributed by atoms with Gasteiger partial charge in [-0.1, -0.05) is 23.8 Å². The molecule has 118 valence electrons. The largest absolute Gasteiger partial charge is 0.332 e. The lowest BCUT2D eigenvalue weighted by Crippen LogP contribution is -2.45. The SMILES string of the molecule is Cc1ccc(-c2nc(C(=O)NC3(C#N)CCCC3)cs2)c(C)c1. The van der Waals surface area contributed by atoms with E-state index < -0.39 is 5.54 Å². The molecule has 2 aromatic rings. The van der Waals surface area contributed by atoms with E-state index in [-0.39, 0.29) is 5.91 Å². The molecule has 0 spiro atoms. The topological polar surface area (TPSA) is 65.8 Å². The number of nitrogens with zero attached hydrogens (tertiary/aromatic N) is 2. The maximum Gasteiger partial charge on any atom is 0.272 e. The Labute approximate surface area is 140 Å². The zero-order chi connectivity index (χ0) is 16.4. The molecule has 1 aromatic carbocycles. The molecule has 4 nitrogen and oxygen atoms in total. The normalized spacial score (nSPS) is 16.0. The van der Waals surface area contributed by atoms with Crippen LogP contribution in [0.5, 0.6) is 0 Å². The highest BCUT2D eigenvalue weighted by atomic mass is 32.1. The van der Waals surface area contributed by atoms with Gasteiger partial charge in [-0.3, -0.25) is 4.79 Å². The molecule has 0 radical (unpaired) electrons. The molecule has 5 heteroatoms. The number of amides is 1. The van der Waals surface area contributed by atoms with Crippen LogP contribution in [0.1, 0.15) is 47.3 Å². The molecule has 0 aliphatic heterocycles. The second-order valence-electron chi connectivity index (χ2n) is 6.21. The standard InChI is InChI=1S/C18H19N3OS/c1-12-5-6-14(13(2)9-12)17-20-15(10-23-17)16(22)21-18(11-19)7-3-4-8-18/h5-6,9-10H,3-4,7-8H2,1-2H3,(H,21,22). The van der Waals surface area contributed by atoms with Crippen LogP contribution in [-0.2, 0) is 0 Å². The first-order valence-electron chi connectivity index (χ1n) is 7.80. The van der Waals surface area contributed by atoms with Gasteiger partial charge in [0.1, 0.15) is 16.2 Å². The van der Waals surface area contributed by atoms with Crippen LogP contribution in [-0.4, -0.2) is 16.4 Å². The van der Waals surface area contributed by atoms with E-state index in [1.54, 1.807) is 5.38 Å². The molecular weight excluding hydrogens is 306 g/mol.